The molecule has 96 valence electrons. The van der Waals surface area contributed by atoms with E-state index in [4.69, 9.17) is 11.0 Å². The van der Waals surface area contributed by atoms with Gasteiger partial charge in [0, 0.05) is 11.3 Å². The average Bonchev–Trinajstić information content (AvgIpc) is 2.28. The summed E-state index contributed by atoms with van der Waals surface area (Å²) in [5.74, 6) is 0.924. The number of carbonyl (C=O) groups excluding carboxylic acids is 1. The van der Waals surface area contributed by atoms with E-state index in [2.05, 4.69) is 5.32 Å². The quantitative estimate of drug-likeness (QED) is 0.851. The van der Waals surface area contributed by atoms with Crippen molar-refractivity contribution < 1.29 is 4.79 Å². The van der Waals surface area contributed by atoms with Gasteiger partial charge in [0.15, 0.2) is 0 Å². The third kappa shape index (κ3) is 5.21. The lowest BCUT2D eigenvalue weighted by molar-refractivity contribution is -0.113. The highest BCUT2D eigenvalue weighted by Crippen LogP contribution is 2.15. The van der Waals surface area contributed by atoms with Gasteiger partial charge < -0.3 is 11.1 Å². The molecule has 0 fully saturated rings. The predicted molar refractivity (Wildman–Crippen MR) is 75.4 cm³/mol. The summed E-state index contributed by atoms with van der Waals surface area (Å²) in [7, 11) is 0. The molecule has 0 unspecified atom stereocenters. The Morgan fingerprint density at radius 2 is 2.17 bits per heavy atom. The van der Waals surface area contributed by atoms with Crippen LogP contribution >= 0.6 is 11.8 Å². The second-order valence-corrected chi connectivity index (χ2v) is 5.67. The Labute approximate surface area is 112 Å². The molecule has 1 aromatic rings. The molecule has 1 rings (SSSR count). The Balaban J connectivity index is 2.48. The molecule has 0 aromatic heterocycles. The summed E-state index contributed by atoms with van der Waals surface area (Å²) < 4.78 is 0. The van der Waals surface area contributed by atoms with E-state index in [0.717, 1.165) is 0 Å². The van der Waals surface area contributed by atoms with Crippen LogP contribution in [0.1, 0.15) is 19.4 Å². The van der Waals surface area contributed by atoms with Crippen molar-refractivity contribution in [2.24, 2.45) is 5.73 Å². The number of nitrogens with zero attached hydrogens (tertiary/aromatic N) is 1. The van der Waals surface area contributed by atoms with Crippen molar-refractivity contribution in [3.8, 4) is 6.07 Å². The first kappa shape index (κ1) is 14.6. The van der Waals surface area contributed by atoms with E-state index < -0.39 is 0 Å². The summed E-state index contributed by atoms with van der Waals surface area (Å²) in [6.07, 6.45) is 0. The minimum atomic E-state index is -0.282. The van der Waals surface area contributed by atoms with Crippen LogP contribution in [0, 0.1) is 11.3 Å². The fourth-order valence-corrected chi connectivity index (χ4v) is 2.17. The van der Waals surface area contributed by atoms with Crippen molar-refractivity contribution in [3.63, 3.8) is 0 Å². The number of thioether (sulfide) groups is 1. The highest BCUT2D eigenvalue weighted by atomic mass is 32.2. The molecular formula is C13H17N3OS. The predicted octanol–water partition coefficient (Wildman–Crippen LogP) is 1.97. The summed E-state index contributed by atoms with van der Waals surface area (Å²) in [5, 5.41) is 11.6. The van der Waals surface area contributed by atoms with Crippen molar-refractivity contribution in [3.05, 3.63) is 29.8 Å². The lowest BCUT2D eigenvalue weighted by atomic mass is 10.1. The van der Waals surface area contributed by atoms with Crippen molar-refractivity contribution in [1.29, 1.82) is 5.26 Å². The SMILES string of the molecule is CC(C)(N)CSCC(=O)Nc1ccccc1C#N. The lowest BCUT2D eigenvalue weighted by Crippen LogP contribution is -2.35. The van der Waals surface area contributed by atoms with Gasteiger partial charge >= 0.3 is 0 Å². The molecule has 0 aliphatic carbocycles. The van der Waals surface area contributed by atoms with Gasteiger partial charge in [-0.25, -0.2) is 0 Å². The van der Waals surface area contributed by atoms with Gasteiger partial charge in [-0.1, -0.05) is 12.1 Å². The van der Waals surface area contributed by atoms with E-state index in [1.165, 1.54) is 11.8 Å². The van der Waals surface area contributed by atoms with Crippen molar-refractivity contribution >= 4 is 23.4 Å². The Morgan fingerprint density at radius 3 is 2.78 bits per heavy atom. The molecule has 0 atom stereocenters. The number of nitrogens with one attached hydrogen (secondary N) is 1. The number of nitrogens with two attached hydrogens (primary N) is 1. The third-order valence-electron chi connectivity index (χ3n) is 2.03. The number of amides is 1. The molecule has 1 amide bonds. The fourth-order valence-electron chi connectivity index (χ4n) is 1.28. The molecule has 18 heavy (non-hydrogen) atoms. The number of hydrogen-bond acceptors (Lipinski definition) is 4. The van der Waals surface area contributed by atoms with Gasteiger partial charge in [-0.05, 0) is 26.0 Å². The average molecular weight is 263 g/mol. The molecule has 3 N–H and O–H groups in total. The first-order chi connectivity index (χ1) is 8.42. The van der Waals surface area contributed by atoms with E-state index in [0.29, 0.717) is 22.8 Å². The van der Waals surface area contributed by atoms with Crippen molar-refractivity contribution in [2.45, 2.75) is 19.4 Å². The van der Waals surface area contributed by atoms with Gasteiger partial charge in [0.05, 0.1) is 17.0 Å². The maximum atomic E-state index is 11.7. The second kappa shape index (κ2) is 6.43. The van der Waals surface area contributed by atoms with Gasteiger partial charge in [0.1, 0.15) is 6.07 Å². The van der Waals surface area contributed by atoms with Crippen molar-refractivity contribution in [2.75, 3.05) is 16.8 Å². The summed E-state index contributed by atoms with van der Waals surface area (Å²) in [4.78, 5) is 11.7. The second-order valence-electron chi connectivity index (χ2n) is 4.69. The van der Waals surface area contributed by atoms with E-state index in [9.17, 15) is 4.79 Å². The van der Waals surface area contributed by atoms with Gasteiger partial charge in [-0.3, -0.25) is 4.79 Å². The number of benzene rings is 1. The number of carbonyl (C=O) groups is 1. The summed E-state index contributed by atoms with van der Waals surface area (Å²) in [5.41, 5.74) is 6.56. The summed E-state index contributed by atoms with van der Waals surface area (Å²) >= 11 is 1.48. The normalized spacial score (nSPS) is 10.8. The van der Waals surface area contributed by atoms with Gasteiger partial charge in [-0.2, -0.15) is 17.0 Å². The van der Waals surface area contributed by atoms with Crippen LogP contribution in [-0.2, 0) is 4.79 Å². The smallest absolute Gasteiger partial charge is 0.234 e. The Bertz CT molecular complexity index is 460. The topological polar surface area (TPSA) is 78.9 Å². The molecule has 0 bridgehead atoms. The molecule has 0 spiro atoms. The van der Waals surface area contributed by atoms with Crippen LogP contribution < -0.4 is 11.1 Å². The van der Waals surface area contributed by atoms with Gasteiger partial charge in [-0.15, -0.1) is 0 Å². The molecule has 1 aromatic carbocycles. The van der Waals surface area contributed by atoms with Crippen LogP contribution in [0.25, 0.3) is 0 Å². The minimum Gasteiger partial charge on any atom is -0.325 e. The summed E-state index contributed by atoms with van der Waals surface area (Å²) in [6, 6.07) is 8.98. The number of hydrogen-bond donors (Lipinski definition) is 2. The van der Waals surface area contributed by atoms with Crippen LogP contribution in [-0.4, -0.2) is 23.0 Å². The highest BCUT2D eigenvalue weighted by Gasteiger charge is 2.12. The van der Waals surface area contributed by atoms with Crippen LogP contribution in [0.3, 0.4) is 0 Å². The van der Waals surface area contributed by atoms with Crippen LogP contribution in [0.2, 0.25) is 0 Å². The zero-order chi connectivity index (χ0) is 13.6. The Morgan fingerprint density at radius 1 is 1.50 bits per heavy atom. The van der Waals surface area contributed by atoms with E-state index in [-0.39, 0.29) is 11.4 Å². The highest BCUT2D eigenvalue weighted by molar-refractivity contribution is 8.00. The maximum absolute atomic E-state index is 11.7. The number of para-hydroxylation sites is 1. The molecule has 5 heteroatoms. The van der Waals surface area contributed by atoms with Crippen molar-refractivity contribution in [1.82, 2.24) is 0 Å². The number of nitriles is 1. The fraction of sp³-hybridized carbons (Fsp3) is 0.385. The molecule has 0 saturated heterocycles. The first-order valence-corrected chi connectivity index (χ1v) is 6.73. The Kier molecular flexibility index (Phi) is 5.20. The van der Waals surface area contributed by atoms with E-state index >= 15 is 0 Å². The first-order valence-electron chi connectivity index (χ1n) is 5.58. The van der Waals surface area contributed by atoms with Gasteiger partial charge in [0.25, 0.3) is 0 Å². The lowest BCUT2D eigenvalue weighted by Gasteiger charge is -2.17. The largest absolute Gasteiger partial charge is 0.325 e. The molecule has 0 heterocycles. The molecule has 0 aliphatic rings. The molecule has 0 saturated carbocycles. The van der Waals surface area contributed by atoms with E-state index in [1.807, 2.05) is 19.9 Å². The number of anilines is 1. The summed E-state index contributed by atoms with van der Waals surface area (Å²) in [6.45, 7) is 3.84. The van der Waals surface area contributed by atoms with Gasteiger partial charge in [0.2, 0.25) is 5.91 Å². The van der Waals surface area contributed by atoms with Crippen LogP contribution in [0.5, 0.6) is 0 Å². The molecular weight excluding hydrogens is 246 g/mol. The zero-order valence-electron chi connectivity index (χ0n) is 10.6. The van der Waals surface area contributed by atoms with Crippen LogP contribution in [0.15, 0.2) is 24.3 Å². The van der Waals surface area contributed by atoms with E-state index in [1.54, 1.807) is 24.3 Å². The van der Waals surface area contributed by atoms with Crippen LogP contribution in [0.4, 0.5) is 5.69 Å². The maximum Gasteiger partial charge on any atom is 0.234 e. The standard InChI is InChI=1S/C13H17N3OS/c1-13(2,15)9-18-8-12(17)16-11-6-4-3-5-10(11)7-14/h3-6H,8-9,15H2,1-2H3,(H,16,17). The molecule has 0 aliphatic heterocycles. The minimum absolute atomic E-state index is 0.119. The molecule has 0 radical (unpaired) electrons. The monoisotopic (exact) mass is 263 g/mol. The third-order valence-corrected chi connectivity index (χ3v) is 3.44. The number of rotatable bonds is 5. The Hall–Kier alpha value is -1.51. The molecule has 4 nitrogen and oxygen atoms in total. The zero-order valence-corrected chi connectivity index (χ0v) is 11.4.